The van der Waals surface area contributed by atoms with Crippen LogP contribution in [0.5, 0.6) is 0 Å². The van der Waals surface area contributed by atoms with E-state index in [1.165, 1.54) is 38.5 Å². The molecule has 0 bridgehead atoms. The number of hydrogen-bond donors (Lipinski definition) is 3. The zero-order chi connectivity index (χ0) is 15.0. The fourth-order valence-corrected chi connectivity index (χ4v) is 3.45. The first-order chi connectivity index (χ1) is 10.3. The van der Waals surface area contributed by atoms with Gasteiger partial charge in [0.2, 0.25) is 0 Å². The molecular weight excluding hydrogens is 266 g/mol. The van der Waals surface area contributed by atoms with Gasteiger partial charge in [-0.1, -0.05) is 25.7 Å². The Hall–Kier alpha value is -0.650. The number of carbonyl (C=O) groups is 1. The van der Waals surface area contributed by atoms with Gasteiger partial charge < -0.3 is 20.7 Å². The van der Waals surface area contributed by atoms with Crippen LogP contribution >= 0.6 is 0 Å². The first kappa shape index (κ1) is 16.7. The maximum absolute atomic E-state index is 12.4. The van der Waals surface area contributed by atoms with Gasteiger partial charge in [0.15, 0.2) is 0 Å². The Morgan fingerprint density at radius 1 is 1.14 bits per heavy atom. The summed E-state index contributed by atoms with van der Waals surface area (Å²) in [5.74, 6) is 0.0502. The molecule has 122 valence electrons. The Labute approximate surface area is 128 Å². The highest BCUT2D eigenvalue weighted by atomic mass is 16.5. The zero-order valence-corrected chi connectivity index (χ0v) is 13.4. The molecule has 3 N–H and O–H groups in total. The molecule has 0 spiro atoms. The third-order valence-electron chi connectivity index (χ3n) is 4.91. The average molecular weight is 297 g/mol. The highest BCUT2D eigenvalue weighted by Crippen LogP contribution is 2.22. The van der Waals surface area contributed by atoms with Gasteiger partial charge in [0, 0.05) is 26.2 Å². The molecule has 0 aromatic carbocycles. The van der Waals surface area contributed by atoms with Gasteiger partial charge in [-0.3, -0.25) is 4.79 Å². The summed E-state index contributed by atoms with van der Waals surface area (Å²) in [5.41, 5.74) is -0.617. The van der Waals surface area contributed by atoms with E-state index in [1.54, 1.807) is 7.11 Å². The summed E-state index contributed by atoms with van der Waals surface area (Å²) in [6.45, 7) is 3.24. The Kier molecular flexibility index (Phi) is 6.93. The minimum Gasteiger partial charge on any atom is -0.368 e. The molecule has 5 nitrogen and oxygen atoms in total. The molecular formula is C16H31N3O2. The van der Waals surface area contributed by atoms with Crippen LogP contribution in [0.3, 0.4) is 0 Å². The van der Waals surface area contributed by atoms with Gasteiger partial charge in [-0.05, 0) is 38.8 Å². The van der Waals surface area contributed by atoms with Gasteiger partial charge >= 0.3 is 0 Å². The van der Waals surface area contributed by atoms with Crippen molar-refractivity contribution in [3.8, 4) is 0 Å². The number of amides is 1. The van der Waals surface area contributed by atoms with Gasteiger partial charge in [0.25, 0.3) is 5.91 Å². The molecule has 5 heteroatoms. The maximum atomic E-state index is 12.4. The van der Waals surface area contributed by atoms with Crippen molar-refractivity contribution in [1.29, 1.82) is 0 Å². The van der Waals surface area contributed by atoms with Crippen LogP contribution in [0.2, 0.25) is 0 Å². The second-order valence-electron chi connectivity index (χ2n) is 6.35. The molecule has 2 aliphatic rings. The van der Waals surface area contributed by atoms with Crippen molar-refractivity contribution in [3.05, 3.63) is 0 Å². The van der Waals surface area contributed by atoms with Crippen molar-refractivity contribution >= 4 is 5.91 Å². The van der Waals surface area contributed by atoms with E-state index >= 15 is 0 Å². The van der Waals surface area contributed by atoms with Crippen molar-refractivity contribution in [2.45, 2.75) is 63.0 Å². The van der Waals surface area contributed by atoms with Gasteiger partial charge in [-0.2, -0.15) is 0 Å². The smallest absolute Gasteiger partial charge is 0.252 e. The number of piperidine rings is 1. The lowest BCUT2D eigenvalue weighted by Crippen LogP contribution is -2.55. The number of rotatable bonds is 6. The third-order valence-corrected chi connectivity index (χ3v) is 4.91. The van der Waals surface area contributed by atoms with E-state index in [9.17, 15) is 4.79 Å². The van der Waals surface area contributed by atoms with Crippen molar-refractivity contribution in [3.63, 3.8) is 0 Å². The second-order valence-corrected chi connectivity index (χ2v) is 6.35. The minimum atomic E-state index is -0.617. The lowest BCUT2D eigenvalue weighted by molar-refractivity contribution is -0.146. The standard InChI is InChI=1S/C16H31N3O2/c1-21-16(8-10-17-11-9-16)15(20)19-13-12-18-14-6-4-2-3-5-7-14/h14,17-18H,2-13H2,1H3,(H,19,20). The summed E-state index contributed by atoms with van der Waals surface area (Å²) in [6, 6.07) is 0.639. The molecule has 0 radical (unpaired) electrons. The molecule has 1 amide bonds. The zero-order valence-electron chi connectivity index (χ0n) is 13.4. The number of carbonyl (C=O) groups excluding carboxylic acids is 1. The first-order valence-corrected chi connectivity index (χ1v) is 8.54. The van der Waals surface area contributed by atoms with Crippen LogP contribution in [-0.4, -0.2) is 50.8 Å². The number of nitrogens with one attached hydrogen (secondary N) is 3. The van der Waals surface area contributed by atoms with Gasteiger partial charge in [-0.25, -0.2) is 0 Å². The van der Waals surface area contributed by atoms with Crippen LogP contribution < -0.4 is 16.0 Å². The molecule has 1 saturated carbocycles. The Morgan fingerprint density at radius 3 is 2.43 bits per heavy atom. The van der Waals surface area contributed by atoms with E-state index in [-0.39, 0.29) is 5.91 Å². The molecule has 0 aromatic rings. The van der Waals surface area contributed by atoms with Crippen LogP contribution in [0, 0.1) is 0 Å². The molecule has 2 rings (SSSR count). The minimum absolute atomic E-state index is 0.0502. The van der Waals surface area contributed by atoms with Crippen LogP contribution in [0.1, 0.15) is 51.4 Å². The van der Waals surface area contributed by atoms with Gasteiger partial charge in [0.1, 0.15) is 5.60 Å². The molecule has 1 aliphatic heterocycles. The largest absolute Gasteiger partial charge is 0.368 e. The molecule has 0 aromatic heterocycles. The SMILES string of the molecule is COC1(C(=O)NCCNC2CCCCCC2)CCNCC1. The fourth-order valence-electron chi connectivity index (χ4n) is 3.45. The molecule has 1 saturated heterocycles. The second kappa shape index (κ2) is 8.71. The highest BCUT2D eigenvalue weighted by Gasteiger charge is 2.39. The third kappa shape index (κ3) is 4.94. The summed E-state index contributed by atoms with van der Waals surface area (Å²) in [6.07, 6.45) is 9.49. The molecule has 1 aliphatic carbocycles. The molecule has 1 heterocycles. The lowest BCUT2D eigenvalue weighted by Gasteiger charge is -2.34. The van der Waals surface area contributed by atoms with E-state index < -0.39 is 5.60 Å². The normalized spacial score (nSPS) is 23.5. The topological polar surface area (TPSA) is 62.4 Å². The van der Waals surface area contributed by atoms with Crippen LogP contribution in [0.25, 0.3) is 0 Å². The fraction of sp³-hybridized carbons (Fsp3) is 0.938. The Balaban J connectivity index is 1.66. The molecule has 0 atom stereocenters. The van der Waals surface area contributed by atoms with Crippen molar-refractivity contribution < 1.29 is 9.53 Å². The maximum Gasteiger partial charge on any atom is 0.252 e. The number of methoxy groups -OCH3 is 1. The van der Waals surface area contributed by atoms with Gasteiger partial charge in [-0.15, -0.1) is 0 Å². The van der Waals surface area contributed by atoms with Gasteiger partial charge in [0.05, 0.1) is 0 Å². The summed E-state index contributed by atoms with van der Waals surface area (Å²) in [4.78, 5) is 12.4. The summed E-state index contributed by atoms with van der Waals surface area (Å²) in [5, 5.41) is 9.90. The lowest BCUT2D eigenvalue weighted by atomic mass is 9.91. The Bertz CT molecular complexity index is 309. The first-order valence-electron chi connectivity index (χ1n) is 8.54. The molecule has 2 fully saturated rings. The predicted octanol–water partition coefficient (Wildman–Crippen LogP) is 1.18. The Morgan fingerprint density at radius 2 is 1.81 bits per heavy atom. The van der Waals surface area contributed by atoms with E-state index in [2.05, 4.69) is 16.0 Å². The van der Waals surface area contributed by atoms with E-state index in [0.717, 1.165) is 32.5 Å². The summed E-state index contributed by atoms with van der Waals surface area (Å²) < 4.78 is 5.53. The monoisotopic (exact) mass is 297 g/mol. The summed E-state index contributed by atoms with van der Waals surface area (Å²) >= 11 is 0. The quantitative estimate of drug-likeness (QED) is 0.509. The summed E-state index contributed by atoms with van der Waals surface area (Å²) in [7, 11) is 1.65. The van der Waals surface area contributed by atoms with E-state index in [1.807, 2.05) is 0 Å². The van der Waals surface area contributed by atoms with Crippen molar-refractivity contribution in [2.75, 3.05) is 33.3 Å². The predicted molar refractivity (Wildman–Crippen MR) is 84.3 cm³/mol. The number of ether oxygens (including phenoxy) is 1. The van der Waals surface area contributed by atoms with Crippen LogP contribution in [0.4, 0.5) is 0 Å². The highest BCUT2D eigenvalue weighted by molar-refractivity contribution is 5.85. The van der Waals surface area contributed by atoms with E-state index in [0.29, 0.717) is 12.6 Å². The molecule has 0 unspecified atom stereocenters. The van der Waals surface area contributed by atoms with Crippen molar-refractivity contribution in [1.82, 2.24) is 16.0 Å². The van der Waals surface area contributed by atoms with E-state index in [4.69, 9.17) is 4.74 Å². The van der Waals surface area contributed by atoms with Crippen LogP contribution in [0.15, 0.2) is 0 Å². The number of hydrogen-bond acceptors (Lipinski definition) is 4. The van der Waals surface area contributed by atoms with Crippen molar-refractivity contribution in [2.24, 2.45) is 0 Å². The molecule has 21 heavy (non-hydrogen) atoms. The average Bonchev–Trinajstić information content (AvgIpc) is 2.80. The van der Waals surface area contributed by atoms with Crippen LogP contribution in [-0.2, 0) is 9.53 Å².